The van der Waals surface area contributed by atoms with Crippen LogP contribution in [0.25, 0.3) is 0 Å². The monoisotopic (exact) mass is 265 g/mol. The van der Waals surface area contributed by atoms with Crippen LogP contribution < -0.4 is 5.32 Å². The summed E-state index contributed by atoms with van der Waals surface area (Å²) >= 11 is 1.14. The van der Waals surface area contributed by atoms with Crippen molar-refractivity contribution in [3.8, 4) is 0 Å². The molecule has 0 aliphatic rings. The minimum absolute atomic E-state index is 0.00389. The van der Waals surface area contributed by atoms with E-state index < -0.39 is 0 Å². The van der Waals surface area contributed by atoms with Gasteiger partial charge in [0.05, 0.1) is 12.2 Å². The largest absolute Gasteiger partial charge is 0.347 e. The lowest BCUT2D eigenvalue weighted by Gasteiger charge is -2.13. The standard InChI is InChI=1S/C11H15N5OS/c1-3-9-10(18-15-14-9)11(17)13-8(2)7-16-6-4-5-12-16/h4-6,8H,3,7H2,1-2H3,(H,13,17)/t8-/m1/s1. The molecule has 0 radical (unpaired) electrons. The van der Waals surface area contributed by atoms with Crippen molar-refractivity contribution in [1.82, 2.24) is 24.7 Å². The highest BCUT2D eigenvalue weighted by Gasteiger charge is 2.16. The van der Waals surface area contributed by atoms with Crippen molar-refractivity contribution in [1.29, 1.82) is 0 Å². The van der Waals surface area contributed by atoms with E-state index in [4.69, 9.17) is 0 Å². The molecule has 2 aromatic rings. The number of carbonyl (C=O) groups is 1. The SMILES string of the molecule is CCc1nnsc1C(=O)N[C@H](C)Cn1cccn1. The lowest BCUT2D eigenvalue weighted by Crippen LogP contribution is -2.35. The van der Waals surface area contributed by atoms with Crippen LogP contribution in [0.15, 0.2) is 18.5 Å². The molecule has 1 N–H and O–H groups in total. The third kappa shape index (κ3) is 2.92. The van der Waals surface area contributed by atoms with Gasteiger partial charge in [-0.2, -0.15) is 5.10 Å². The molecule has 0 unspecified atom stereocenters. The summed E-state index contributed by atoms with van der Waals surface area (Å²) in [5.41, 5.74) is 0.754. The molecule has 1 amide bonds. The molecule has 96 valence electrons. The number of aromatic nitrogens is 4. The van der Waals surface area contributed by atoms with E-state index in [-0.39, 0.29) is 11.9 Å². The van der Waals surface area contributed by atoms with Gasteiger partial charge in [-0.1, -0.05) is 11.4 Å². The number of hydrogen-bond acceptors (Lipinski definition) is 5. The van der Waals surface area contributed by atoms with E-state index in [2.05, 4.69) is 20.0 Å². The van der Waals surface area contributed by atoms with Gasteiger partial charge in [-0.15, -0.1) is 5.10 Å². The highest BCUT2D eigenvalue weighted by molar-refractivity contribution is 7.08. The van der Waals surface area contributed by atoms with E-state index in [1.807, 2.05) is 26.1 Å². The summed E-state index contributed by atoms with van der Waals surface area (Å²) in [5, 5.41) is 11.0. The van der Waals surface area contributed by atoms with Crippen LogP contribution in [0, 0.1) is 0 Å². The number of aryl methyl sites for hydroxylation is 1. The molecule has 2 heterocycles. The molecule has 1 atom stereocenters. The van der Waals surface area contributed by atoms with Crippen molar-refractivity contribution in [2.75, 3.05) is 0 Å². The first-order chi connectivity index (χ1) is 8.70. The van der Waals surface area contributed by atoms with Crippen LogP contribution in [0.2, 0.25) is 0 Å². The molecular formula is C11H15N5OS. The number of amides is 1. The Morgan fingerprint density at radius 1 is 1.61 bits per heavy atom. The molecule has 6 nitrogen and oxygen atoms in total. The zero-order valence-corrected chi connectivity index (χ0v) is 11.1. The number of hydrogen-bond donors (Lipinski definition) is 1. The molecule has 0 aliphatic carbocycles. The van der Waals surface area contributed by atoms with Crippen LogP contribution in [0.1, 0.15) is 29.2 Å². The highest BCUT2D eigenvalue weighted by Crippen LogP contribution is 2.11. The fraction of sp³-hybridized carbons (Fsp3) is 0.455. The van der Waals surface area contributed by atoms with Gasteiger partial charge in [0.1, 0.15) is 4.88 Å². The Hall–Kier alpha value is -1.76. The first-order valence-corrected chi connectivity index (χ1v) is 6.57. The minimum atomic E-state index is -0.110. The maximum atomic E-state index is 12.0. The molecule has 0 bridgehead atoms. The van der Waals surface area contributed by atoms with Gasteiger partial charge in [0, 0.05) is 18.4 Å². The predicted molar refractivity (Wildman–Crippen MR) is 68.4 cm³/mol. The van der Waals surface area contributed by atoms with Crippen LogP contribution in [-0.4, -0.2) is 31.3 Å². The van der Waals surface area contributed by atoms with Crippen LogP contribution in [0.5, 0.6) is 0 Å². The molecule has 0 saturated heterocycles. The highest BCUT2D eigenvalue weighted by atomic mass is 32.1. The molecule has 0 fully saturated rings. The van der Waals surface area contributed by atoms with Crippen molar-refractivity contribution in [3.05, 3.63) is 29.0 Å². The topological polar surface area (TPSA) is 72.7 Å². The summed E-state index contributed by atoms with van der Waals surface area (Å²) in [6.45, 7) is 4.55. The summed E-state index contributed by atoms with van der Waals surface area (Å²) in [5.74, 6) is -0.110. The minimum Gasteiger partial charge on any atom is -0.347 e. The van der Waals surface area contributed by atoms with Crippen LogP contribution in [0.3, 0.4) is 0 Å². The van der Waals surface area contributed by atoms with Crippen molar-refractivity contribution in [3.63, 3.8) is 0 Å². The average Bonchev–Trinajstić information content (AvgIpc) is 2.97. The fourth-order valence-corrected chi connectivity index (χ4v) is 2.29. The van der Waals surface area contributed by atoms with Crippen LogP contribution >= 0.6 is 11.5 Å². The Morgan fingerprint density at radius 3 is 3.11 bits per heavy atom. The molecule has 0 aliphatic heterocycles. The molecular weight excluding hydrogens is 250 g/mol. The Labute approximate surface area is 109 Å². The van der Waals surface area contributed by atoms with E-state index in [0.29, 0.717) is 17.8 Å². The fourth-order valence-electron chi connectivity index (χ4n) is 1.64. The zero-order chi connectivity index (χ0) is 13.0. The van der Waals surface area contributed by atoms with Gasteiger partial charge in [-0.05, 0) is 30.9 Å². The normalized spacial score (nSPS) is 12.3. The molecule has 0 saturated carbocycles. The number of nitrogens with zero attached hydrogens (tertiary/aromatic N) is 4. The van der Waals surface area contributed by atoms with Gasteiger partial charge in [0.15, 0.2) is 0 Å². The smallest absolute Gasteiger partial charge is 0.265 e. The van der Waals surface area contributed by atoms with E-state index in [1.165, 1.54) is 0 Å². The van der Waals surface area contributed by atoms with Crippen molar-refractivity contribution < 1.29 is 4.79 Å². The zero-order valence-electron chi connectivity index (χ0n) is 10.3. The first kappa shape index (κ1) is 12.7. The Morgan fingerprint density at radius 2 is 2.44 bits per heavy atom. The quantitative estimate of drug-likeness (QED) is 0.879. The average molecular weight is 265 g/mol. The van der Waals surface area contributed by atoms with Gasteiger partial charge in [0.2, 0.25) is 0 Å². The Balaban J connectivity index is 1.95. The Kier molecular flexibility index (Phi) is 4.03. The van der Waals surface area contributed by atoms with Crippen LogP contribution in [-0.2, 0) is 13.0 Å². The predicted octanol–water partition coefficient (Wildman–Crippen LogP) is 1.12. The Bertz CT molecular complexity index is 507. The lowest BCUT2D eigenvalue weighted by atomic mass is 10.2. The van der Waals surface area contributed by atoms with E-state index in [0.717, 1.165) is 17.2 Å². The van der Waals surface area contributed by atoms with E-state index in [1.54, 1.807) is 10.9 Å². The molecule has 7 heteroatoms. The van der Waals surface area contributed by atoms with Gasteiger partial charge in [-0.25, -0.2) is 0 Å². The van der Waals surface area contributed by atoms with E-state index in [9.17, 15) is 4.79 Å². The van der Waals surface area contributed by atoms with Gasteiger partial charge in [0.25, 0.3) is 5.91 Å². The second kappa shape index (κ2) is 5.72. The third-order valence-corrected chi connectivity index (χ3v) is 3.26. The van der Waals surface area contributed by atoms with Gasteiger partial charge in [-0.3, -0.25) is 9.48 Å². The summed E-state index contributed by atoms with van der Waals surface area (Å²) in [7, 11) is 0. The summed E-state index contributed by atoms with van der Waals surface area (Å²) in [4.78, 5) is 12.6. The summed E-state index contributed by atoms with van der Waals surface area (Å²) in [6.07, 6.45) is 4.30. The van der Waals surface area contributed by atoms with Crippen molar-refractivity contribution >= 4 is 17.4 Å². The molecule has 2 rings (SSSR count). The maximum Gasteiger partial charge on any atom is 0.265 e. The molecule has 0 aromatic carbocycles. The number of nitrogens with one attached hydrogen (secondary N) is 1. The second-order valence-electron chi connectivity index (χ2n) is 4.00. The maximum absolute atomic E-state index is 12.0. The summed E-state index contributed by atoms with van der Waals surface area (Å²) < 4.78 is 5.60. The van der Waals surface area contributed by atoms with Crippen molar-refractivity contribution in [2.24, 2.45) is 0 Å². The van der Waals surface area contributed by atoms with Gasteiger partial charge >= 0.3 is 0 Å². The van der Waals surface area contributed by atoms with Crippen LogP contribution in [0.4, 0.5) is 0 Å². The van der Waals surface area contributed by atoms with Gasteiger partial charge < -0.3 is 5.32 Å². The summed E-state index contributed by atoms with van der Waals surface area (Å²) in [6, 6.07) is 1.86. The lowest BCUT2D eigenvalue weighted by molar-refractivity contribution is 0.0939. The molecule has 2 aromatic heterocycles. The number of carbonyl (C=O) groups excluding carboxylic acids is 1. The second-order valence-corrected chi connectivity index (χ2v) is 4.76. The van der Waals surface area contributed by atoms with Crippen molar-refractivity contribution in [2.45, 2.75) is 32.9 Å². The molecule has 0 spiro atoms. The third-order valence-electron chi connectivity index (χ3n) is 2.49. The molecule has 18 heavy (non-hydrogen) atoms. The number of rotatable bonds is 5. The van der Waals surface area contributed by atoms with E-state index >= 15 is 0 Å². The first-order valence-electron chi connectivity index (χ1n) is 5.80.